The van der Waals surface area contributed by atoms with Crippen LogP contribution in [0.1, 0.15) is 46.5 Å². The van der Waals surface area contributed by atoms with E-state index >= 15 is 0 Å². The second kappa shape index (κ2) is 6.31. The quantitative estimate of drug-likeness (QED) is 0.779. The van der Waals surface area contributed by atoms with Crippen LogP contribution in [0, 0.1) is 0 Å². The molecule has 0 aromatic heterocycles. The summed E-state index contributed by atoms with van der Waals surface area (Å²) in [6.07, 6.45) is 4.44. The van der Waals surface area contributed by atoms with E-state index in [9.17, 15) is 4.79 Å². The maximum absolute atomic E-state index is 11.6. The van der Waals surface area contributed by atoms with Crippen LogP contribution in [0.15, 0.2) is 0 Å². The maximum atomic E-state index is 11.6. The van der Waals surface area contributed by atoms with E-state index in [-0.39, 0.29) is 12.1 Å². The van der Waals surface area contributed by atoms with Crippen molar-refractivity contribution in [2.24, 2.45) is 0 Å². The van der Waals surface area contributed by atoms with Crippen molar-refractivity contribution in [3.05, 3.63) is 0 Å². The number of nitrogens with one attached hydrogen (secondary N) is 2. The lowest BCUT2D eigenvalue weighted by Crippen LogP contribution is -2.54. The van der Waals surface area contributed by atoms with E-state index in [0.717, 1.165) is 32.0 Å². The zero-order chi connectivity index (χ0) is 14.8. The molecule has 0 spiro atoms. The van der Waals surface area contributed by atoms with E-state index in [1.54, 1.807) is 0 Å². The molecule has 2 rings (SSSR count). The van der Waals surface area contributed by atoms with Crippen molar-refractivity contribution in [2.45, 2.75) is 70.2 Å². The summed E-state index contributed by atoms with van der Waals surface area (Å²) in [6.45, 7) is 7.80. The van der Waals surface area contributed by atoms with Crippen molar-refractivity contribution < 1.29 is 9.53 Å². The largest absolute Gasteiger partial charge is 0.444 e. The Hall–Kier alpha value is -0.810. The zero-order valence-electron chi connectivity index (χ0n) is 13.2. The average molecular weight is 283 g/mol. The molecule has 5 nitrogen and oxygen atoms in total. The number of rotatable bonds is 6. The second-order valence-corrected chi connectivity index (χ2v) is 7.18. The molecule has 0 unspecified atom stereocenters. The third-order valence-corrected chi connectivity index (χ3v) is 3.93. The molecule has 2 aliphatic carbocycles. The summed E-state index contributed by atoms with van der Waals surface area (Å²) in [4.78, 5) is 14.0. The summed E-state index contributed by atoms with van der Waals surface area (Å²) < 4.78 is 5.25. The van der Waals surface area contributed by atoms with Crippen LogP contribution in [0.25, 0.3) is 0 Å². The standard InChI is InChI=1S/C15H29N3O2/c1-15(2,3)20-14(19)17-12-9-11(10-12)16-7-8-18(4)13-5-6-13/h11-13,16H,5-10H2,1-4H3,(H,17,19). The van der Waals surface area contributed by atoms with Crippen molar-refractivity contribution in [3.8, 4) is 0 Å². The molecule has 5 heteroatoms. The number of amides is 1. The fraction of sp³-hybridized carbons (Fsp3) is 0.933. The van der Waals surface area contributed by atoms with Crippen LogP contribution in [0.4, 0.5) is 4.79 Å². The van der Waals surface area contributed by atoms with Crippen LogP contribution in [0.2, 0.25) is 0 Å². The van der Waals surface area contributed by atoms with Gasteiger partial charge in [0.2, 0.25) is 0 Å². The van der Waals surface area contributed by atoms with Gasteiger partial charge in [0.1, 0.15) is 5.60 Å². The first-order valence-corrected chi connectivity index (χ1v) is 7.76. The van der Waals surface area contributed by atoms with E-state index in [1.807, 2.05) is 20.8 Å². The van der Waals surface area contributed by atoms with Crippen molar-refractivity contribution >= 4 is 6.09 Å². The van der Waals surface area contributed by atoms with Crippen molar-refractivity contribution in [1.82, 2.24) is 15.5 Å². The first kappa shape index (κ1) is 15.6. The average Bonchev–Trinajstić information content (AvgIpc) is 3.05. The molecule has 0 aromatic rings. The fourth-order valence-corrected chi connectivity index (χ4v) is 2.52. The molecule has 0 heterocycles. The van der Waals surface area contributed by atoms with Gasteiger partial charge in [-0.2, -0.15) is 0 Å². The number of likely N-dealkylation sites (N-methyl/N-ethyl adjacent to an activating group) is 1. The molecular weight excluding hydrogens is 254 g/mol. The minimum Gasteiger partial charge on any atom is -0.444 e. The zero-order valence-corrected chi connectivity index (χ0v) is 13.2. The van der Waals surface area contributed by atoms with Gasteiger partial charge >= 0.3 is 6.09 Å². The molecule has 0 radical (unpaired) electrons. The summed E-state index contributed by atoms with van der Waals surface area (Å²) in [6, 6.07) is 1.64. The lowest BCUT2D eigenvalue weighted by molar-refractivity contribution is 0.0465. The molecule has 2 fully saturated rings. The Balaban J connectivity index is 1.50. The molecule has 0 atom stereocenters. The lowest BCUT2D eigenvalue weighted by Gasteiger charge is -2.37. The Labute approximate surface area is 122 Å². The van der Waals surface area contributed by atoms with E-state index in [2.05, 4.69) is 22.6 Å². The van der Waals surface area contributed by atoms with E-state index in [1.165, 1.54) is 12.8 Å². The molecule has 2 aliphatic rings. The number of ether oxygens (including phenoxy) is 1. The molecule has 0 saturated heterocycles. The molecule has 2 N–H and O–H groups in total. The van der Waals surface area contributed by atoms with Gasteiger partial charge < -0.3 is 20.3 Å². The smallest absolute Gasteiger partial charge is 0.407 e. The second-order valence-electron chi connectivity index (χ2n) is 7.18. The van der Waals surface area contributed by atoms with Gasteiger partial charge in [0.05, 0.1) is 0 Å². The predicted molar refractivity (Wildman–Crippen MR) is 79.8 cm³/mol. The van der Waals surface area contributed by atoms with Gasteiger partial charge in [-0.1, -0.05) is 0 Å². The summed E-state index contributed by atoms with van der Waals surface area (Å²) in [5.74, 6) is 0. The normalized spacial score (nSPS) is 26.2. The monoisotopic (exact) mass is 283 g/mol. The molecular formula is C15H29N3O2. The topological polar surface area (TPSA) is 53.6 Å². The van der Waals surface area contributed by atoms with Gasteiger partial charge in [-0.15, -0.1) is 0 Å². The summed E-state index contributed by atoms with van der Waals surface area (Å²) in [7, 11) is 2.20. The first-order chi connectivity index (χ1) is 9.33. The number of carbonyl (C=O) groups excluding carboxylic acids is 1. The highest BCUT2D eigenvalue weighted by molar-refractivity contribution is 5.68. The minimum atomic E-state index is -0.418. The number of hydrogen-bond donors (Lipinski definition) is 2. The fourth-order valence-electron chi connectivity index (χ4n) is 2.52. The van der Waals surface area contributed by atoms with Gasteiger partial charge in [0, 0.05) is 31.2 Å². The van der Waals surface area contributed by atoms with Gasteiger partial charge in [-0.05, 0) is 53.5 Å². The third-order valence-electron chi connectivity index (χ3n) is 3.93. The summed E-state index contributed by atoms with van der Waals surface area (Å²) >= 11 is 0. The number of alkyl carbamates (subject to hydrolysis) is 1. The van der Waals surface area contributed by atoms with Crippen LogP contribution in [-0.4, -0.2) is 54.9 Å². The molecule has 1 amide bonds. The Morgan fingerprint density at radius 3 is 2.45 bits per heavy atom. The number of carbonyl (C=O) groups is 1. The van der Waals surface area contributed by atoms with Crippen LogP contribution >= 0.6 is 0 Å². The molecule has 0 aromatic carbocycles. The third kappa shape index (κ3) is 5.29. The molecule has 2 saturated carbocycles. The van der Waals surface area contributed by atoms with Crippen LogP contribution in [-0.2, 0) is 4.74 Å². The van der Waals surface area contributed by atoms with E-state index < -0.39 is 5.60 Å². The van der Waals surface area contributed by atoms with Gasteiger partial charge in [-0.25, -0.2) is 4.79 Å². The van der Waals surface area contributed by atoms with Crippen molar-refractivity contribution in [3.63, 3.8) is 0 Å². The van der Waals surface area contributed by atoms with Crippen LogP contribution < -0.4 is 10.6 Å². The van der Waals surface area contributed by atoms with Crippen molar-refractivity contribution in [1.29, 1.82) is 0 Å². The summed E-state index contributed by atoms with van der Waals surface area (Å²) in [5, 5.41) is 6.47. The van der Waals surface area contributed by atoms with Gasteiger partial charge in [0.15, 0.2) is 0 Å². The first-order valence-electron chi connectivity index (χ1n) is 7.76. The molecule has 0 bridgehead atoms. The highest BCUT2D eigenvalue weighted by Gasteiger charge is 2.31. The molecule has 20 heavy (non-hydrogen) atoms. The van der Waals surface area contributed by atoms with Crippen LogP contribution in [0.5, 0.6) is 0 Å². The Kier molecular flexibility index (Phi) is 4.91. The highest BCUT2D eigenvalue weighted by atomic mass is 16.6. The Morgan fingerprint density at radius 1 is 1.25 bits per heavy atom. The minimum absolute atomic E-state index is 0.267. The SMILES string of the molecule is CN(CCNC1CC(NC(=O)OC(C)(C)C)C1)C1CC1. The summed E-state index contributed by atoms with van der Waals surface area (Å²) in [5.41, 5.74) is -0.418. The van der Waals surface area contributed by atoms with E-state index in [0.29, 0.717) is 6.04 Å². The Morgan fingerprint density at radius 2 is 1.90 bits per heavy atom. The number of hydrogen-bond acceptors (Lipinski definition) is 4. The highest BCUT2D eigenvalue weighted by Crippen LogP contribution is 2.25. The maximum Gasteiger partial charge on any atom is 0.407 e. The van der Waals surface area contributed by atoms with Crippen molar-refractivity contribution in [2.75, 3.05) is 20.1 Å². The Bertz CT molecular complexity index is 331. The predicted octanol–water partition coefficient (Wildman–Crippen LogP) is 1.73. The van der Waals surface area contributed by atoms with Crippen LogP contribution in [0.3, 0.4) is 0 Å². The van der Waals surface area contributed by atoms with Gasteiger partial charge in [0.25, 0.3) is 0 Å². The van der Waals surface area contributed by atoms with Gasteiger partial charge in [-0.3, -0.25) is 0 Å². The molecule has 116 valence electrons. The number of nitrogens with zero attached hydrogens (tertiary/aromatic N) is 1. The lowest BCUT2D eigenvalue weighted by atomic mass is 9.87. The molecule has 0 aliphatic heterocycles. The van der Waals surface area contributed by atoms with E-state index in [4.69, 9.17) is 4.74 Å².